The summed E-state index contributed by atoms with van der Waals surface area (Å²) in [5, 5.41) is 5.40. The van der Waals surface area contributed by atoms with Gasteiger partial charge < -0.3 is 26.8 Å². The molecule has 8 heteroatoms. The number of alkyl carbamates (subject to hydrolysis) is 1. The summed E-state index contributed by atoms with van der Waals surface area (Å²) in [6.45, 7) is 4.59. The zero-order valence-electron chi connectivity index (χ0n) is 20.5. The Bertz CT molecular complexity index is 994. The summed E-state index contributed by atoms with van der Waals surface area (Å²) < 4.78 is 5.52. The lowest BCUT2D eigenvalue weighted by atomic mass is 9.98. The molecule has 0 unspecified atom stereocenters. The number of hydrogen-bond acceptors (Lipinski definition) is 5. The number of fused-ring (bicyclic) bond motifs is 3. The molecule has 0 fully saturated rings. The summed E-state index contributed by atoms with van der Waals surface area (Å²) >= 11 is 0. The van der Waals surface area contributed by atoms with Gasteiger partial charge in [-0.1, -0.05) is 62.4 Å². The molecule has 35 heavy (non-hydrogen) atoms. The van der Waals surface area contributed by atoms with Gasteiger partial charge in [-0.25, -0.2) is 4.79 Å². The van der Waals surface area contributed by atoms with Crippen LogP contribution in [0.2, 0.25) is 0 Å². The topological polar surface area (TPSA) is 137 Å². The van der Waals surface area contributed by atoms with Gasteiger partial charge in [-0.2, -0.15) is 0 Å². The molecule has 0 heterocycles. The van der Waals surface area contributed by atoms with E-state index in [2.05, 4.69) is 34.9 Å². The van der Waals surface area contributed by atoms with Crippen molar-refractivity contribution in [2.24, 2.45) is 17.4 Å². The first kappa shape index (κ1) is 26.2. The lowest BCUT2D eigenvalue weighted by molar-refractivity contribution is -0.128. The smallest absolute Gasteiger partial charge is 0.407 e. The first-order valence-corrected chi connectivity index (χ1v) is 12.2. The number of rotatable bonds is 12. The third-order valence-electron chi connectivity index (χ3n) is 6.26. The normalized spacial score (nSPS) is 14.1. The lowest BCUT2D eigenvalue weighted by Crippen LogP contribution is -2.50. The van der Waals surface area contributed by atoms with Crippen molar-refractivity contribution in [1.29, 1.82) is 0 Å². The Morgan fingerprint density at radius 2 is 1.57 bits per heavy atom. The van der Waals surface area contributed by atoms with Crippen molar-refractivity contribution in [2.75, 3.05) is 13.2 Å². The molecule has 188 valence electrons. The molecular formula is C27H36N4O4. The second-order valence-corrected chi connectivity index (χ2v) is 9.45. The molecule has 2 aromatic carbocycles. The maximum atomic E-state index is 12.3. The van der Waals surface area contributed by atoms with E-state index >= 15 is 0 Å². The molecule has 1 aliphatic carbocycles. The van der Waals surface area contributed by atoms with Crippen LogP contribution >= 0.6 is 0 Å². The summed E-state index contributed by atoms with van der Waals surface area (Å²) in [5.41, 5.74) is 16.0. The number of unbranched alkanes of at least 4 members (excludes halogenated alkanes) is 1. The average Bonchev–Trinajstić information content (AvgIpc) is 3.15. The minimum Gasteiger partial charge on any atom is -0.449 e. The Balaban J connectivity index is 1.36. The van der Waals surface area contributed by atoms with Crippen LogP contribution in [-0.4, -0.2) is 43.1 Å². The van der Waals surface area contributed by atoms with Crippen LogP contribution in [0.1, 0.15) is 56.6 Å². The van der Waals surface area contributed by atoms with E-state index in [0.29, 0.717) is 32.2 Å². The Morgan fingerprint density at radius 1 is 0.971 bits per heavy atom. The van der Waals surface area contributed by atoms with E-state index in [1.807, 2.05) is 38.1 Å². The summed E-state index contributed by atoms with van der Waals surface area (Å²) in [4.78, 5) is 36.0. The predicted octanol–water partition coefficient (Wildman–Crippen LogP) is 3.04. The maximum absolute atomic E-state index is 12.3. The number of hydrogen-bond donors (Lipinski definition) is 4. The zero-order valence-corrected chi connectivity index (χ0v) is 20.5. The molecule has 0 saturated carbocycles. The second-order valence-electron chi connectivity index (χ2n) is 9.45. The van der Waals surface area contributed by atoms with Gasteiger partial charge in [0.05, 0.1) is 6.04 Å². The fraction of sp³-hybridized carbons (Fsp3) is 0.444. The minimum absolute atomic E-state index is 0.0181. The van der Waals surface area contributed by atoms with Gasteiger partial charge in [0.15, 0.2) is 0 Å². The molecule has 6 N–H and O–H groups in total. The van der Waals surface area contributed by atoms with E-state index in [9.17, 15) is 14.4 Å². The standard InChI is InChI=1S/C27H36N4O4/c1-17(2)15-24(25(29)32)31-26(33)23(28)13-7-8-14-30-27(34)35-16-22-20-11-5-3-9-18(20)19-10-4-6-12-21(19)22/h3-6,9-12,17,22-24H,7-8,13-16,28H2,1-2H3,(H2,29,32)(H,30,34)(H,31,33)/t23-,24-/m0/s1. The van der Waals surface area contributed by atoms with Crippen molar-refractivity contribution in [3.63, 3.8) is 0 Å². The molecule has 0 aromatic heterocycles. The molecule has 0 radical (unpaired) electrons. The van der Waals surface area contributed by atoms with Crippen molar-refractivity contribution >= 4 is 17.9 Å². The number of benzene rings is 2. The van der Waals surface area contributed by atoms with Crippen molar-refractivity contribution in [2.45, 2.75) is 57.5 Å². The molecule has 2 atom stereocenters. The molecular weight excluding hydrogens is 444 g/mol. The molecule has 0 aliphatic heterocycles. The SMILES string of the molecule is CC(C)C[C@H](NC(=O)[C@@H](N)CCCCNC(=O)OCC1c2ccccc2-c2ccccc21)C(N)=O. The van der Waals surface area contributed by atoms with Crippen LogP contribution in [0.25, 0.3) is 11.1 Å². The minimum atomic E-state index is -0.738. The molecule has 8 nitrogen and oxygen atoms in total. The largest absolute Gasteiger partial charge is 0.449 e. The van der Waals surface area contributed by atoms with E-state index in [1.165, 1.54) is 22.3 Å². The quantitative estimate of drug-likeness (QED) is 0.346. The first-order valence-electron chi connectivity index (χ1n) is 12.2. The highest BCUT2D eigenvalue weighted by molar-refractivity contribution is 5.88. The van der Waals surface area contributed by atoms with Crippen LogP contribution in [0.5, 0.6) is 0 Å². The Hall–Kier alpha value is -3.39. The fourth-order valence-corrected chi connectivity index (χ4v) is 4.46. The second kappa shape index (κ2) is 12.4. The number of ether oxygens (including phenoxy) is 1. The average molecular weight is 481 g/mol. The molecule has 3 amide bonds. The third kappa shape index (κ3) is 7.05. The summed E-state index contributed by atoms with van der Waals surface area (Å²) in [7, 11) is 0. The van der Waals surface area contributed by atoms with Gasteiger partial charge in [-0.3, -0.25) is 9.59 Å². The molecule has 0 saturated heterocycles. The number of primary amides is 1. The fourth-order valence-electron chi connectivity index (χ4n) is 4.46. The monoisotopic (exact) mass is 480 g/mol. The van der Waals surface area contributed by atoms with Gasteiger partial charge in [0.1, 0.15) is 12.6 Å². The Kier molecular flexibility index (Phi) is 9.25. The molecule has 0 spiro atoms. The summed E-state index contributed by atoms with van der Waals surface area (Å²) in [6, 6.07) is 14.9. The van der Waals surface area contributed by atoms with Crippen LogP contribution in [-0.2, 0) is 14.3 Å². The van der Waals surface area contributed by atoms with Crippen LogP contribution in [0.4, 0.5) is 4.79 Å². The van der Waals surface area contributed by atoms with E-state index in [0.717, 1.165) is 0 Å². The van der Waals surface area contributed by atoms with Gasteiger partial charge in [-0.15, -0.1) is 0 Å². The molecule has 0 bridgehead atoms. The maximum Gasteiger partial charge on any atom is 0.407 e. The summed E-state index contributed by atoms with van der Waals surface area (Å²) in [6.07, 6.45) is 1.73. The highest BCUT2D eigenvalue weighted by Gasteiger charge is 2.29. The van der Waals surface area contributed by atoms with Gasteiger partial charge in [0.2, 0.25) is 11.8 Å². The lowest BCUT2D eigenvalue weighted by Gasteiger charge is -2.20. The predicted molar refractivity (Wildman–Crippen MR) is 135 cm³/mol. The highest BCUT2D eigenvalue weighted by Crippen LogP contribution is 2.44. The van der Waals surface area contributed by atoms with Crippen LogP contribution in [0.15, 0.2) is 48.5 Å². The van der Waals surface area contributed by atoms with Crippen LogP contribution in [0, 0.1) is 5.92 Å². The Morgan fingerprint density at radius 3 is 2.14 bits per heavy atom. The zero-order chi connectivity index (χ0) is 25.4. The van der Waals surface area contributed by atoms with Gasteiger partial charge >= 0.3 is 6.09 Å². The number of carbonyl (C=O) groups excluding carboxylic acids is 3. The van der Waals surface area contributed by atoms with Crippen LogP contribution in [0.3, 0.4) is 0 Å². The highest BCUT2D eigenvalue weighted by atomic mass is 16.5. The van der Waals surface area contributed by atoms with E-state index in [1.54, 1.807) is 0 Å². The van der Waals surface area contributed by atoms with Crippen molar-refractivity contribution in [3.05, 3.63) is 59.7 Å². The number of nitrogens with two attached hydrogens (primary N) is 2. The number of carbonyl (C=O) groups is 3. The van der Waals surface area contributed by atoms with Gasteiger partial charge in [-0.05, 0) is 53.9 Å². The van der Waals surface area contributed by atoms with Crippen molar-refractivity contribution in [1.82, 2.24) is 10.6 Å². The third-order valence-corrected chi connectivity index (χ3v) is 6.26. The van der Waals surface area contributed by atoms with Crippen molar-refractivity contribution < 1.29 is 19.1 Å². The van der Waals surface area contributed by atoms with E-state index in [-0.39, 0.29) is 24.3 Å². The number of nitrogens with one attached hydrogen (secondary N) is 2. The van der Waals surface area contributed by atoms with Gasteiger partial charge in [0.25, 0.3) is 0 Å². The first-order chi connectivity index (χ1) is 16.8. The van der Waals surface area contributed by atoms with Gasteiger partial charge in [0, 0.05) is 12.5 Å². The number of amides is 3. The summed E-state index contributed by atoms with van der Waals surface area (Å²) in [5.74, 6) is -0.719. The van der Waals surface area contributed by atoms with Crippen molar-refractivity contribution in [3.8, 4) is 11.1 Å². The molecule has 2 aromatic rings. The van der Waals surface area contributed by atoms with E-state index < -0.39 is 24.1 Å². The molecule has 1 aliphatic rings. The van der Waals surface area contributed by atoms with E-state index in [4.69, 9.17) is 16.2 Å². The molecule has 3 rings (SSSR count). The van der Waals surface area contributed by atoms with Crippen LogP contribution < -0.4 is 22.1 Å². The Labute approximate surface area is 206 Å².